The van der Waals surface area contributed by atoms with E-state index in [-0.39, 0.29) is 0 Å². The summed E-state index contributed by atoms with van der Waals surface area (Å²) in [5.41, 5.74) is 2.06. The van der Waals surface area contributed by atoms with Crippen LogP contribution in [0.3, 0.4) is 0 Å². The van der Waals surface area contributed by atoms with Crippen LogP contribution in [-0.2, 0) is 13.1 Å². The van der Waals surface area contributed by atoms with Crippen LogP contribution in [0.2, 0.25) is 0 Å². The molecule has 0 N–H and O–H groups in total. The number of likely N-dealkylation sites (N-methyl/N-ethyl adjacent to an activating group) is 1. The second kappa shape index (κ2) is 6.12. The van der Waals surface area contributed by atoms with Crippen LogP contribution >= 0.6 is 0 Å². The van der Waals surface area contributed by atoms with Gasteiger partial charge in [-0.15, -0.1) is 10.2 Å². The molecule has 2 aliphatic rings. The first-order valence-corrected chi connectivity index (χ1v) is 8.78. The minimum Gasteiger partial charge on any atom is -0.340 e. The van der Waals surface area contributed by atoms with Crippen molar-refractivity contribution in [3.05, 3.63) is 29.1 Å². The van der Waals surface area contributed by atoms with Gasteiger partial charge in [0.25, 0.3) is 0 Å². The molecule has 0 amide bonds. The standard InChI is InChI=1S/C17H25N7/c1-12-9-13(2)19-17(18-12)23-6-4-5-14(10-23)16-21-20-15-11-22(3)7-8-24(15)16/h9,14H,4-8,10-11H2,1-3H3/t14-/m0/s1. The van der Waals surface area contributed by atoms with Crippen molar-refractivity contribution in [3.63, 3.8) is 0 Å². The van der Waals surface area contributed by atoms with Crippen LogP contribution in [0.25, 0.3) is 0 Å². The van der Waals surface area contributed by atoms with Crippen molar-refractivity contribution in [1.82, 2.24) is 29.6 Å². The van der Waals surface area contributed by atoms with Gasteiger partial charge in [-0.2, -0.15) is 0 Å². The summed E-state index contributed by atoms with van der Waals surface area (Å²) in [6, 6.07) is 2.02. The number of nitrogens with zero attached hydrogens (tertiary/aromatic N) is 7. The molecule has 128 valence electrons. The van der Waals surface area contributed by atoms with Crippen LogP contribution in [0.15, 0.2) is 6.07 Å². The van der Waals surface area contributed by atoms with Gasteiger partial charge in [0.1, 0.15) is 11.6 Å². The number of anilines is 1. The lowest BCUT2D eigenvalue weighted by Crippen LogP contribution is -2.38. The molecule has 1 atom stereocenters. The number of hydrogen-bond acceptors (Lipinski definition) is 6. The minimum atomic E-state index is 0.410. The van der Waals surface area contributed by atoms with E-state index in [0.717, 1.165) is 74.6 Å². The maximum atomic E-state index is 4.64. The van der Waals surface area contributed by atoms with Gasteiger partial charge in [0.05, 0.1) is 6.54 Å². The molecule has 7 nitrogen and oxygen atoms in total. The van der Waals surface area contributed by atoms with Crippen molar-refractivity contribution in [2.75, 3.05) is 31.6 Å². The molecular weight excluding hydrogens is 302 g/mol. The van der Waals surface area contributed by atoms with E-state index >= 15 is 0 Å². The van der Waals surface area contributed by atoms with Gasteiger partial charge >= 0.3 is 0 Å². The van der Waals surface area contributed by atoms with Crippen molar-refractivity contribution < 1.29 is 0 Å². The molecule has 2 aromatic rings. The Hall–Kier alpha value is -2.02. The zero-order chi connectivity index (χ0) is 16.7. The summed E-state index contributed by atoms with van der Waals surface area (Å²) in [6.07, 6.45) is 2.30. The molecule has 7 heteroatoms. The number of fused-ring (bicyclic) bond motifs is 1. The smallest absolute Gasteiger partial charge is 0.225 e. The maximum Gasteiger partial charge on any atom is 0.225 e. The second-order valence-corrected chi connectivity index (χ2v) is 7.10. The Morgan fingerprint density at radius 2 is 1.83 bits per heavy atom. The van der Waals surface area contributed by atoms with Gasteiger partial charge in [0, 0.05) is 43.5 Å². The summed E-state index contributed by atoms with van der Waals surface area (Å²) in [4.78, 5) is 13.9. The SMILES string of the molecule is Cc1cc(C)nc(N2CCC[C@H](c3nnc4n3CCN(C)C4)C2)n1. The fourth-order valence-corrected chi connectivity index (χ4v) is 3.82. The number of aromatic nitrogens is 5. The fraction of sp³-hybridized carbons (Fsp3) is 0.647. The highest BCUT2D eigenvalue weighted by molar-refractivity contribution is 5.34. The Morgan fingerprint density at radius 3 is 2.62 bits per heavy atom. The Labute approximate surface area is 142 Å². The summed E-state index contributed by atoms with van der Waals surface area (Å²) >= 11 is 0. The zero-order valence-electron chi connectivity index (χ0n) is 14.7. The first-order chi connectivity index (χ1) is 11.6. The first kappa shape index (κ1) is 15.5. The van der Waals surface area contributed by atoms with E-state index in [1.807, 2.05) is 19.9 Å². The highest BCUT2D eigenvalue weighted by Crippen LogP contribution is 2.29. The summed E-state index contributed by atoms with van der Waals surface area (Å²) in [7, 11) is 2.14. The molecule has 0 radical (unpaired) electrons. The van der Waals surface area contributed by atoms with Crippen molar-refractivity contribution in [2.45, 2.75) is 45.7 Å². The Bertz CT molecular complexity index is 718. The minimum absolute atomic E-state index is 0.410. The van der Waals surface area contributed by atoms with Gasteiger partial charge in [0.2, 0.25) is 5.95 Å². The third-order valence-electron chi connectivity index (χ3n) is 5.01. The first-order valence-electron chi connectivity index (χ1n) is 8.78. The highest BCUT2D eigenvalue weighted by Gasteiger charge is 2.29. The number of rotatable bonds is 2. The lowest BCUT2D eigenvalue weighted by molar-refractivity contribution is 0.259. The van der Waals surface area contributed by atoms with Crippen LogP contribution in [0.5, 0.6) is 0 Å². The van der Waals surface area contributed by atoms with Crippen molar-refractivity contribution >= 4 is 5.95 Å². The molecule has 2 aliphatic heterocycles. The molecule has 1 fully saturated rings. The quantitative estimate of drug-likeness (QED) is 0.833. The predicted molar refractivity (Wildman–Crippen MR) is 92.1 cm³/mol. The summed E-state index contributed by atoms with van der Waals surface area (Å²) in [5.74, 6) is 3.51. The molecule has 0 aliphatic carbocycles. The summed E-state index contributed by atoms with van der Waals surface area (Å²) in [6.45, 7) is 8.96. The number of aryl methyl sites for hydroxylation is 2. The maximum absolute atomic E-state index is 4.64. The molecule has 0 unspecified atom stereocenters. The van der Waals surface area contributed by atoms with E-state index in [4.69, 9.17) is 0 Å². The Morgan fingerprint density at radius 1 is 1.04 bits per heavy atom. The van der Waals surface area contributed by atoms with Gasteiger partial charge in [-0.05, 0) is 39.8 Å². The van der Waals surface area contributed by atoms with Crippen LogP contribution in [0.4, 0.5) is 5.95 Å². The van der Waals surface area contributed by atoms with Crippen molar-refractivity contribution in [2.24, 2.45) is 0 Å². The lowest BCUT2D eigenvalue weighted by atomic mass is 9.97. The van der Waals surface area contributed by atoms with E-state index in [1.165, 1.54) is 0 Å². The van der Waals surface area contributed by atoms with E-state index in [0.29, 0.717) is 5.92 Å². The average molecular weight is 327 g/mol. The third kappa shape index (κ3) is 2.88. The molecular formula is C17H25N7. The van der Waals surface area contributed by atoms with Gasteiger partial charge in [-0.1, -0.05) is 0 Å². The fourth-order valence-electron chi connectivity index (χ4n) is 3.82. The van der Waals surface area contributed by atoms with Gasteiger partial charge < -0.3 is 9.47 Å². The summed E-state index contributed by atoms with van der Waals surface area (Å²) < 4.78 is 2.33. The van der Waals surface area contributed by atoms with Crippen molar-refractivity contribution in [1.29, 1.82) is 0 Å². The Kier molecular flexibility index (Phi) is 3.96. The van der Waals surface area contributed by atoms with E-state index in [2.05, 4.69) is 41.6 Å². The molecule has 0 saturated carbocycles. The molecule has 4 heterocycles. The van der Waals surface area contributed by atoms with Gasteiger partial charge in [-0.25, -0.2) is 9.97 Å². The van der Waals surface area contributed by atoms with Gasteiger partial charge in [-0.3, -0.25) is 4.90 Å². The molecule has 2 aromatic heterocycles. The monoisotopic (exact) mass is 327 g/mol. The molecule has 24 heavy (non-hydrogen) atoms. The van der Waals surface area contributed by atoms with Crippen LogP contribution in [0, 0.1) is 13.8 Å². The van der Waals surface area contributed by atoms with Crippen LogP contribution in [0.1, 0.15) is 41.8 Å². The van der Waals surface area contributed by atoms with E-state index in [9.17, 15) is 0 Å². The van der Waals surface area contributed by atoms with Crippen LogP contribution in [-0.4, -0.2) is 56.3 Å². The largest absolute Gasteiger partial charge is 0.340 e. The highest BCUT2D eigenvalue weighted by atomic mass is 15.3. The number of hydrogen-bond donors (Lipinski definition) is 0. The van der Waals surface area contributed by atoms with E-state index < -0.39 is 0 Å². The molecule has 0 bridgehead atoms. The third-order valence-corrected chi connectivity index (χ3v) is 5.01. The molecule has 0 spiro atoms. The molecule has 4 rings (SSSR count). The Balaban J connectivity index is 1.57. The van der Waals surface area contributed by atoms with Crippen LogP contribution < -0.4 is 4.90 Å². The zero-order valence-corrected chi connectivity index (χ0v) is 14.7. The average Bonchev–Trinajstić information content (AvgIpc) is 2.97. The second-order valence-electron chi connectivity index (χ2n) is 7.10. The predicted octanol–water partition coefficient (Wildman–Crippen LogP) is 1.51. The normalized spacial score (nSPS) is 21.8. The lowest BCUT2D eigenvalue weighted by Gasteiger charge is -2.33. The summed E-state index contributed by atoms with van der Waals surface area (Å²) in [5, 5.41) is 8.97. The number of piperidine rings is 1. The molecule has 0 aromatic carbocycles. The topological polar surface area (TPSA) is 63.0 Å². The molecule has 1 saturated heterocycles. The van der Waals surface area contributed by atoms with Gasteiger partial charge in [0.15, 0.2) is 0 Å². The van der Waals surface area contributed by atoms with E-state index in [1.54, 1.807) is 0 Å². The van der Waals surface area contributed by atoms with Crippen molar-refractivity contribution in [3.8, 4) is 0 Å².